The minimum atomic E-state index is -4.71. The molecule has 0 aliphatic carbocycles. The third kappa shape index (κ3) is 7.28. The molecule has 8 heteroatoms. The number of halogens is 3. The molecule has 0 amide bonds. The van der Waals surface area contributed by atoms with Crippen molar-refractivity contribution < 1.29 is 32.2 Å². The van der Waals surface area contributed by atoms with Crippen molar-refractivity contribution >= 4 is 17.9 Å². The van der Waals surface area contributed by atoms with Gasteiger partial charge in [0.2, 0.25) is 0 Å². The summed E-state index contributed by atoms with van der Waals surface area (Å²) in [7, 11) is 1.53. The van der Waals surface area contributed by atoms with E-state index in [9.17, 15) is 22.8 Å². The van der Waals surface area contributed by atoms with E-state index in [0.29, 0.717) is 5.75 Å². The van der Waals surface area contributed by atoms with Crippen molar-refractivity contribution in [2.24, 2.45) is 0 Å². The molecule has 0 aromatic heterocycles. The number of benzene rings is 2. The monoisotopic (exact) mass is 451 g/mol. The van der Waals surface area contributed by atoms with Gasteiger partial charge in [0.15, 0.2) is 6.29 Å². The SMILES string of the molecule is COc1ccc(CN(CCCC(=O)OC(C)(C)C)c2cccc(C=O)c2C(F)(F)F)cc1. The number of hydrogen-bond acceptors (Lipinski definition) is 5. The Hall–Kier alpha value is -3.03. The fraction of sp³-hybridized carbons (Fsp3) is 0.417. The Morgan fingerprint density at radius 3 is 2.25 bits per heavy atom. The zero-order chi connectivity index (χ0) is 23.9. The third-order valence-electron chi connectivity index (χ3n) is 4.59. The van der Waals surface area contributed by atoms with Gasteiger partial charge in [-0.3, -0.25) is 9.59 Å². The smallest absolute Gasteiger partial charge is 0.419 e. The summed E-state index contributed by atoms with van der Waals surface area (Å²) >= 11 is 0. The van der Waals surface area contributed by atoms with Crippen LogP contribution in [0.15, 0.2) is 42.5 Å². The van der Waals surface area contributed by atoms with E-state index in [4.69, 9.17) is 9.47 Å². The number of methoxy groups -OCH3 is 1. The number of anilines is 1. The maximum atomic E-state index is 13.9. The van der Waals surface area contributed by atoms with Gasteiger partial charge in [-0.1, -0.05) is 24.3 Å². The summed E-state index contributed by atoms with van der Waals surface area (Å²) in [6.07, 6.45) is -4.16. The lowest BCUT2D eigenvalue weighted by Crippen LogP contribution is -2.29. The maximum Gasteiger partial charge on any atom is 0.419 e. The van der Waals surface area contributed by atoms with Crippen LogP contribution in [0.5, 0.6) is 5.75 Å². The van der Waals surface area contributed by atoms with Crippen LogP contribution in [0.3, 0.4) is 0 Å². The molecule has 0 spiro atoms. The van der Waals surface area contributed by atoms with Crippen LogP contribution in [-0.4, -0.2) is 31.5 Å². The number of carbonyl (C=O) groups is 2. The largest absolute Gasteiger partial charge is 0.497 e. The van der Waals surface area contributed by atoms with Crippen LogP contribution >= 0.6 is 0 Å². The van der Waals surface area contributed by atoms with Crippen LogP contribution in [0.1, 0.15) is 55.1 Å². The molecule has 32 heavy (non-hydrogen) atoms. The van der Waals surface area contributed by atoms with Crippen LogP contribution in [0.2, 0.25) is 0 Å². The van der Waals surface area contributed by atoms with Crippen molar-refractivity contribution in [1.82, 2.24) is 0 Å². The van der Waals surface area contributed by atoms with Gasteiger partial charge < -0.3 is 14.4 Å². The number of ether oxygens (including phenoxy) is 2. The molecule has 0 bridgehead atoms. The number of esters is 1. The van der Waals surface area contributed by atoms with E-state index in [1.165, 1.54) is 24.1 Å². The minimum absolute atomic E-state index is 0.0606. The second-order valence-corrected chi connectivity index (χ2v) is 8.32. The molecular weight excluding hydrogens is 423 g/mol. The first-order chi connectivity index (χ1) is 14.9. The van der Waals surface area contributed by atoms with Crippen molar-refractivity contribution in [3.05, 3.63) is 59.2 Å². The van der Waals surface area contributed by atoms with Gasteiger partial charge in [0.25, 0.3) is 0 Å². The van der Waals surface area contributed by atoms with Gasteiger partial charge in [-0.25, -0.2) is 0 Å². The molecule has 0 aliphatic rings. The van der Waals surface area contributed by atoms with E-state index >= 15 is 0 Å². The number of carbonyl (C=O) groups excluding carboxylic acids is 2. The summed E-state index contributed by atoms with van der Waals surface area (Å²) < 4.78 is 52.0. The van der Waals surface area contributed by atoms with Crippen molar-refractivity contribution in [3.63, 3.8) is 0 Å². The molecule has 2 aromatic rings. The van der Waals surface area contributed by atoms with Crippen LogP contribution in [-0.2, 0) is 22.3 Å². The predicted molar refractivity (Wildman–Crippen MR) is 116 cm³/mol. The second kappa shape index (κ2) is 10.5. The summed E-state index contributed by atoms with van der Waals surface area (Å²) in [6.45, 7) is 5.57. The molecular formula is C24H28F3NO4. The van der Waals surface area contributed by atoms with Crippen molar-refractivity contribution in [1.29, 1.82) is 0 Å². The zero-order valence-electron chi connectivity index (χ0n) is 18.7. The molecule has 0 saturated carbocycles. The van der Waals surface area contributed by atoms with Gasteiger partial charge in [-0.05, 0) is 51.0 Å². The summed E-state index contributed by atoms with van der Waals surface area (Å²) in [5, 5.41) is 0. The van der Waals surface area contributed by atoms with E-state index in [1.54, 1.807) is 45.0 Å². The Morgan fingerprint density at radius 1 is 1.06 bits per heavy atom. The van der Waals surface area contributed by atoms with Gasteiger partial charge >= 0.3 is 12.1 Å². The number of aldehydes is 1. The zero-order valence-corrected chi connectivity index (χ0v) is 18.7. The van der Waals surface area contributed by atoms with Crippen LogP contribution in [0, 0.1) is 0 Å². The van der Waals surface area contributed by atoms with Gasteiger partial charge in [0.1, 0.15) is 11.4 Å². The second-order valence-electron chi connectivity index (χ2n) is 8.32. The Labute approximate surface area is 186 Å². The average Bonchev–Trinajstić information content (AvgIpc) is 2.71. The standard InChI is InChI=1S/C24H28F3NO4/c1-23(2,3)32-21(30)9-6-14-28(15-17-10-12-19(31-4)13-11-17)20-8-5-7-18(16-29)22(20)24(25,26)27/h5,7-8,10-13,16H,6,9,14-15H2,1-4H3. The first-order valence-corrected chi connectivity index (χ1v) is 10.2. The lowest BCUT2D eigenvalue weighted by Gasteiger charge is -2.29. The van der Waals surface area contributed by atoms with Crippen LogP contribution in [0.25, 0.3) is 0 Å². The lowest BCUT2D eigenvalue weighted by atomic mass is 10.0. The van der Waals surface area contributed by atoms with Gasteiger partial charge in [0.05, 0.1) is 12.7 Å². The van der Waals surface area contributed by atoms with Crippen molar-refractivity contribution in [3.8, 4) is 5.75 Å². The molecule has 0 aliphatic heterocycles. The Kier molecular flexibility index (Phi) is 8.30. The fourth-order valence-corrected chi connectivity index (χ4v) is 3.27. The Balaban J connectivity index is 2.34. The van der Waals surface area contributed by atoms with E-state index < -0.39 is 28.9 Å². The summed E-state index contributed by atoms with van der Waals surface area (Å²) in [6, 6.07) is 10.9. The quantitative estimate of drug-likeness (QED) is 0.364. The van der Waals surface area contributed by atoms with Gasteiger partial charge in [-0.15, -0.1) is 0 Å². The minimum Gasteiger partial charge on any atom is -0.497 e. The van der Waals surface area contributed by atoms with E-state index in [2.05, 4.69) is 0 Å². The number of nitrogens with zero attached hydrogens (tertiary/aromatic N) is 1. The van der Waals surface area contributed by atoms with E-state index in [1.807, 2.05) is 0 Å². The highest BCUT2D eigenvalue weighted by Crippen LogP contribution is 2.39. The highest BCUT2D eigenvalue weighted by atomic mass is 19.4. The van der Waals surface area contributed by atoms with Crippen LogP contribution in [0.4, 0.5) is 18.9 Å². The lowest BCUT2D eigenvalue weighted by molar-refractivity contribution is -0.154. The fourth-order valence-electron chi connectivity index (χ4n) is 3.27. The maximum absolute atomic E-state index is 13.9. The summed E-state index contributed by atoms with van der Waals surface area (Å²) in [4.78, 5) is 24.9. The van der Waals surface area contributed by atoms with Crippen molar-refractivity contribution in [2.75, 3.05) is 18.6 Å². The molecule has 0 unspecified atom stereocenters. The highest BCUT2D eigenvalue weighted by Gasteiger charge is 2.37. The van der Waals surface area contributed by atoms with Gasteiger partial charge in [0, 0.05) is 30.8 Å². The molecule has 0 N–H and O–H groups in total. The Morgan fingerprint density at radius 2 is 1.72 bits per heavy atom. The highest BCUT2D eigenvalue weighted by molar-refractivity contribution is 5.81. The first kappa shape index (κ1) is 25.2. The topological polar surface area (TPSA) is 55.8 Å². The molecule has 174 valence electrons. The predicted octanol–water partition coefficient (Wildman–Crippen LogP) is 5.66. The number of hydrogen-bond donors (Lipinski definition) is 0. The normalized spacial score (nSPS) is 11.7. The van der Waals surface area contributed by atoms with Crippen LogP contribution < -0.4 is 9.64 Å². The molecule has 0 atom stereocenters. The summed E-state index contributed by atoms with van der Waals surface area (Å²) in [5.74, 6) is 0.212. The van der Waals surface area contributed by atoms with Gasteiger partial charge in [-0.2, -0.15) is 13.2 Å². The number of alkyl halides is 3. The molecule has 5 nitrogen and oxygen atoms in total. The molecule has 0 heterocycles. The molecule has 0 fully saturated rings. The molecule has 0 radical (unpaired) electrons. The van der Waals surface area contributed by atoms with E-state index in [0.717, 1.165) is 11.6 Å². The molecule has 2 rings (SSSR count). The molecule has 0 saturated heterocycles. The van der Waals surface area contributed by atoms with Crippen molar-refractivity contribution in [2.45, 2.75) is 51.9 Å². The summed E-state index contributed by atoms with van der Waals surface area (Å²) in [5.41, 5.74) is -1.40. The average molecular weight is 451 g/mol. The number of rotatable bonds is 9. The third-order valence-corrected chi connectivity index (χ3v) is 4.59. The molecule has 2 aromatic carbocycles. The Bertz CT molecular complexity index is 918. The van der Waals surface area contributed by atoms with E-state index in [-0.39, 0.29) is 37.9 Å². The first-order valence-electron chi connectivity index (χ1n) is 10.2.